The fourth-order valence-electron chi connectivity index (χ4n) is 0.452. The van der Waals surface area contributed by atoms with E-state index in [4.69, 9.17) is 11.0 Å². The van der Waals surface area contributed by atoms with Gasteiger partial charge in [-0.15, -0.1) is 0 Å². The molecule has 0 aliphatic heterocycles. The van der Waals surface area contributed by atoms with Crippen molar-refractivity contribution < 1.29 is 0 Å². The molecule has 2 N–H and O–H groups in total. The SMILES string of the molecule is CCC(C)C(N)=CC#N. The molecule has 0 saturated carbocycles. The minimum absolute atomic E-state index is 0.338. The number of allylic oxidation sites excluding steroid dienone is 2. The Labute approximate surface area is 56.0 Å². The van der Waals surface area contributed by atoms with Crippen LogP contribution >= 0.6 is 0 Å². The zero-order chi connectivity index (χ0) is 7.28. The Balaban J connectivity index is 3.89. The third-order valence-electron chi connectivity index (χ3n) is 1.41. The highest BCUT2D eigenvalue weighted by atomic mass is 14.6. The van der Waals surface area contributed by atoms with E-state index in [2.05, 4.69) is 0 Å². The number of hydrogen-bond acceptors (Lipinski definition) is 2. The summed E-state index contributed by atoms with van der Waals surface area (Å²) in [5, 5.41) is 8.17. The molecular formula is C7H12N2. The van der Waals surface area contributed by atoms with Crippen LogP contribution in [0.3, 0.4) is 0 Å². The Kier molecular flexibility index (Phi) is 3.54. The first-order valence-corrected chi connectivity index (χ1v) is 3.07. The van der Waals surface area contributed by atoms with Crippen LogP contribution in [0.1, 0.15) is 20.3 Å². The number of rotatable bonds is 2. The Morgan fingerprint density at radius 1 is 1.89 bits per heavy atom. The van der Waals surface area contributed by atoms with Crippen molar-refractivity contribution in [2.75, 3.05) is 0 Å². The third kappa shape index (κ3) is 2.76. The fourth-order valence-corrected chi connectivity index (χ4v) is 0.452. The first-order valence-electron chi connectivity index (χ1n) is 3.07. The molecule has 0 bridgehead atoms. The fraction of sp³-hybridized carbons (Fsp3) is 0.571. The third-order valence-corrected chi connectivity index (χ3v) is 1.41. The molecule has 0 saturated heterocycles. The average molecular weight is 124 g/mol. The van der Waals surface area contributed by atoms with E-state index in [-0.39, 0.29) is 0 Å². The van der Waals surface area contributed by atoms with Crippen LogP contribution < -0.4 is 5.73 Å². The topological polar surface area (TPSA) is 49.8 Å². The minimum Gasteiger partial charge on any atom is -0.401 e. The van der Waals surface area contributed by atoms with Crippen LogP contribution in [0.5, 0.6) is 0 Å². The van der Waals surface area contributed by atoms with E-state index in [0.717, 1.165) is 6.42 Å². The van der Waals surface area contributed by atoms with E-state index >= 15 is 0 Å². The lowest BCUT2D eigenvalue weighted by atomic mass is 10.1. The first-order chi connectivity index (χ1) is 4.22. The lowest BCUT2D eigenvalue weighted by Crippen LogP contribution is -2.06. The summed E-state index contributed by atoms with van der Waals surface area (Å²) >= 11 is 0. The summed E-state index contributed by atoms with van der Waals surface area (Å²) in [5.41, 5.74) is 6.16. The largest absolute Gasteiger partial charge is 0.401 e. The van der Waals surface area contributed by atoms with Gasteiger partial charge in [0.25, 0.3) is 0 Å². The van der Waals surface area contributed by atoms with Crippen LogP contribution in [0.4, 0.5) is 0 Å². The Morgan fingerprint density at radius 2 is 2.44 bits per heavy atom. The van der Waals surface area contributed by atoms with Gasteiger partial charge in [0.1, 0.15) is 0 Å². The quantitative estimate of drug-likeness (QED) is 0.565. The maximum atomic E-state index is 8.17. The van der Waals surface area contributed by atoms with Crippen molar-refractivity contribution in [1.29, 1.82) is 5.26 Å². The standard InChI is InChI=1S/C7H12N2/c1-3-6(2)7(9)4-5-8/h4,6H,3,9H2,1-2H3. The molecule has 0 rings (SSSR count). The molecule has 0 aliphatic carbocycles. The summed E-state index contributed by atoms with van der Waals surface area (Å²) in [6.45, 7) is 4.05. The Hall–Kier alpha value is -0.970. The molecule has 1 unspecified atom stereocenters. The number of nitrogens with two attached hydrogens (primary N) is 1. The second-order valence-corrected chi connectivity index (χ2v) is 2.08. The van der Waals surface area contributed by atoms with Crippen molar-refractivity contribution in [1.82, 2.24) is 0 Å². The van der Waals surface area contributed by atoms with Gasteiger partial charge in [0.2, 0.25) is 0 Å². The van der Waals surface area contributed by atoms with Crippen LogP contribution in [0.15, 0.2) is 11.8 Å². The van der Waals surface area contributed by atoms with Gasteiger partial charge < -0.3 is 5.73 Å². The van der Waals surface area contributed by atoms with Gasteiger partial charge >= 0.3 is 0 Å². The molecule has 0 fully saturated rings. The molecule has 0 spiro atoms. The van der Waals surface area contributed by atoms with Crippen LogP contribution in [0.25, 0.3) is 0 Å². The van der Waals surface area contributed by atoms with Crippen molar-refractivity contribution >= 4 is 0 Å². The predicted octanol–water partition coefficient (Wildman–Crippen LogP) is 1.40. The van der Waals surface area contributed by atoms with E-state index in [1.54, 1.807) is 0 Å². The zero-order valence-corrected chi connectivity index (χ0v) is 5.89. The molecule has 0 heterocycles. The van der Waals surface area contributed by atoms with Crippen molar-refractivity contribution in [2.24, 2.45) is 11.7 Å². The number of nitriles is 1. The van der Waals surface area contributed by atoms with Crippen LogP contribution in [-0.2, 0) is 0 Å². The van der Waals surface area contributed by atoms with Gasteiger partial charge in [-0.05, 0) is 12.3 Å². The summed E-state index contributed by atoms with van der Waals surface area (Å²) in [5.74, 6) is 0.338. The average Bonchev–Trinajstić information content (AvgIpc) is 1.87. The van der Waals surface area contributed by atoms with Crippen molar-refractivity contribution in [3.63, 3.8) is 0 Å². The first kappa shape index (κ1) is 8.03. The lowest BCUT2D eigenvalue weighted by Gasteiger charge is -2.05. The number of nitrogens with zero attached hydrogens (tertiary/aromatic N) is 1. The highest BCUT2D eigenvalue weighted by molar-refractivity contribution is 5.11. The van der Waals surface area contributed by atoms with E-state index in [1.807, 2.05) is 19.9 Å². The van der Waals surface area contributed by atoms with Gasteiger partial charge in [0, 0.05) is 11.8 Å². The molecule has 9 heavy (non-hydrogen) atoms. The summed E-state index contributed by atoms with van der Waals surface area (Å²) < 4.78 is 0. The molecule has 0 aromatic carbocycles. The summed E-state index contributed by atoms with van der Waals surface area (Å²) in [6.07, 6.45) is 2.39. The monoisotopic (exact) mass is 124 g/mol. The highest BCUT2D eigenvalue weighted by Gasteiger charge is 1.99. The van der Waals surface area contributed by atoms with E-state index in [0.29, 0.717) is 11.6 Å². The van der Waals surface area contributed by atoms with Crippen LogP contribution in [-0.4, -0.2) is 0 Å². The highest BCUT2D eigenvalue weighted by Crippen LogP contribution is 2.06. The van der Waals surface area contributed by atoms with Gasteiger partial charge in [-0.2, -0.15) is 5.26 Å². The van der Waals surface area contributed by atoms with Gasteiger partial charge in [0.05, 0.1) is 6.07 Å². The molecule has 0 aromatic rings. The smallest absolute Gasteiger partial charge is 0.0930 e. The van der Waals surface area contributed by atoms with Gasteiger partial charge in [-0.3, -0.25) is 0 Å². The summed E-state index contributed by atoms with van der Waals surface area (Å²) in [4.78, 5) is 0. The second-order valence-electron chi connectivity index (χ2n) is 2.08. The number of hydrogen-bond donors (Lipinski definition) is 1. The normalized spacial score (nSPS) is 14.6. The molecule has 0 radical (unpaired) electrons. The molecule has 0 aliphatic rings. The van der Waals surface area contributed by atoms with E-state index in [1.165, 1.54) is 6.08 Å². The molecule has 1 atom stereocenters. The lowest BCUT2D eigenvalue weighted by molar-refractivity contribution is 0.648. The Bertz CT molecular complexity index is 141. The molecule has 2 heteroatoms. The Morgan fingerprint density at radius 3 is 2.78 bits per heavy atom. The molecule has 50 valence electrons. The molecular weight excluding hydrogens is 112 g/mol. The van der Waals surface area contributed by atoms with Crippen molar-refractivity contribution in [2.45, 2.75) is 20.3 Å². The van der Waals surface area contributed by atoms with Gasteiger partial charge in [-0.1, -0.05) is 13.8 Å². The second kappa shape index (κ2) is 3.96. The van der Waals surface area contributed by atoms with Gasteiger partial charge in [-0.25, -0.2) is 0 Å². The maximum Gasteiger partial charge on any atom is 0.0930 e. The summed E-state index contributed by atoms with van der Waals surface area (Å²) in [6, 6.07) is 1.90. The van der Waals surface area contributed by atoms with Crippen LogP contribution in [0.2, 0.25) is 0 Å². The van der Waals surface area contributed by atoms with Crippen molar-refractivity contribution in [3.8, 4) is 6.07 Å². The zero-order valence-electron chi connectivity index (χ0n) is 5.89. The van der Waals surface area contributed by atoms with E-state index in [9.17, 15) is 0 Å². The van der Waals surface area contributed by atoms with Crippen LogP contribution in [0, 0.1) is 17.2 Å². The van der Waals surface area contributed by atoms with Gasteiger partial charge in [0.15, 0.2) is 0 Å². The molecule has 2 nitrogen and oxygen atoms in total. The minimum atomic E-state index is 0.338. The molecule has 0 amide bonds. The van der Waals surface area contributed by atoms with Crippen molar-refractivity contribution in [3.05, 3.63) is 11.8 Å². The maximum absolute atomic E-state index is 8.17. The molecule has 0 aromatic heterocycles. The predicted molar refractivity (Wildman–Crippen MR) is 37.3 cm³/mol. The summed E-state index contributed by atoms with van der Waals surface area (Å²) in [7, 11) is 0. The van der Waals surface area contributed by atoms with E-state index < -0.39 is 0 Å².